The average Bonchev–Trinajstić information content (AvgIpc) is 2.72. The van der Waals surface area contributed by atoms with Crippen molar-refractivity contribution in [2.24, 2.45) is 0 Å². The minimum absolute atomic E-state index is 0.133. The molecule has 1 aromatic heterocycles. The Morgan fingerprint density at radius 1 is 1.40 bits per heavy atom. The Balaban J connectivity index is 1.76. The standard InChI is InChI=1S/C15H27N3O2/c1-12-15(13(2)18(17-12)8-9-19)11-16-7-6-14-5-3-4-10-20-14/h14,16,19H,3-11H2,1-2H3. The number of hydrogen-bond donors (Lipinski definition) is 2. The van der Waals surface area contributed by atoms with Gasteiger partial charge in [-0.05, 0) is 46.1 Å². The number of nitrogens with zero attached hydrogens (tertiary/aromatic N) is 2. The first kappa shape index (κ1) is 15.5. The number of ether oxygens (including phenoxy) is 1. The largest absolute Gasteiger partial charge is 0.394 e. The summed E-state index contributed by atoms with van der Waals surface area (Å²) in [5.41, 5.74) is 3.46. The summed E-state index contributed by atoms with van der Waals surface area (Å²) >= 11 is 0. The van der Waals surface area contributed by atoms with Crippen LogP contribution >= 0.6 is 0 Å². The number of rotatable bonds is 7. The molecular weight excluding hydrogens is 254 g/mol. The van der Waals surface area contributed by atoms with Gasteiger partial charge in [0.05, 0.1) is 24.9 Å². The SMILES string of the molecule is Cc1nn(CCO)c(C)c1CNCCC1CCCCO1. The molecule has 5 nitrogen and oxygen atoms in total. The molecule has 0 aliphatic carbocycles. The Kier molecular flexibility index (Phi) is 6.01. The Morgan fingerprint density at radius 2 is 2.25 bits per heavy atom. The van der Waals surface area contributed by atoms with Crippen LogP contribution in [-0.2, 0) is 17.8 Å². The van der Waals surface area contributed by atoms with Crippen molar-refractivity contribution in [1.82, 2.24) is 15.1 Å². The molecule has 1 atom stereocenters. The lowest BCUT2D eigenvalue weighted by atomic mass is 10.1. The van der Waals surface area contributed by atoms with Crippen molar-refractivity contribution in [3.8, 4) is 0 Å². The summed E-state index contributed by atoms with van der Waals surface area (Å²) in [6, 6.07) is 0. The van der Waals surface area contributed by atoms with Crippen molar-refractivity contribution in [2.75, 3.05) is 19.8 Å². The molecule has 2 heterocycles. The molecule has 0 saturated carbocycles. The van der Waals surface area contributed by atoms with Crippen molar-refractivity contribution in [3.63, 3.8) is 0 Å². The van der Waals surface area contributed by atoms with Gasteiger partial charge in [0.25, 0.3) is 0 Å². The van der Waals surface area contributed by atoms with Crippen LogP contribution in [0.25, 0.3) is 0 Å². The second-order valence-corrected chi connectivity index (χ2v) is 5.55. The maximum Gasteiger partial charge on any atom is 0.0644 e. The average molecular weight is 281 g/mol. The molecule has 0 amide bonds. The van der Waals surface area contributed by atoms with E-state index >= 15 is 0 Å². The topological polar surface area (TPSA) is 59.3 Å². The van der Waals surface area contributed by atoms with Gasteiger partial charge in [-0.25, -0.2) is 0 Å². The molecule has 0 bridgehead atoms. The Morgan fingerprint density at radius 3 is 2.95 bits per heavy atom. The maximum absolute atomic E-state index is 9.01. The summed E-state index contributed by atoms with van der Waals surface area (Å²) in [4.78, 5) is 0. The zero-order valence-corrected chi connectivity index (χ0v) is 12.7. The number of aromatic nitrogens is 2. The summed E-state index contributed by atoms with van der Waals surface area (Å²) in [6.07, 6.45) is 5.25. The third kappa shape index (κ3) is 4.04. The van der Waals surface area contributed by atoms with Gasteiger partial charge >= 0.3 is 0 Å². The molecule has 2 N–H and O–H groups in total. The van der Waals surface area contributed by atoms with Gasteiger partial charge in [0.2, 0.25) is 0 Å². The van der Waals surface area contributed by atoms with Gasteiger partial charge < -0.3 is 15.2 Å². The van der Waals surface area contributed by atoms with Crippen molar-refractivity contribution in [1.29, 1.82) is 0 Å². The number of hydrogen-bond acceptors (Lipinski definition) is 4. The first-order chi connectivity index (χ1) is 9.72. The minimum Gasteiger partial charge on any atom is -0.394 e. The molecule has 0 radical (unpaired) electrons. The van der Waals surface area contributed by atoms with E-state index in [1.807, 2.05) is 11.6 Å². The van der Waals surface area contributed by atoms with Crippen molar-refractivity contribution < 1.29 is 9.84 Å². The molecule has 0 aromatic carbocycles. The first-order valence-electron chi connectivity index (χ1n) is 7.68. The summed E-state index contributed by atoms with van der Waals surface area (Å²) < 4.78 is 7.62. The molecule has 20 heavy (non-hydrogen) atoms. The van der Waals surface area contributed by atoms with Crippen molar-refractivity contribution in [3.05, 3.63) is 17.0 Å². The zero-order valence-electron chi connectivity index (χ0n) is 12.7. The number of aliphatic hydroxyl groups excluding tert-OH is 1. The second-order valence-electron chi connectivity index (χ2n) is 5.55. The maximum atomic E-state index is 9.01. The van der Waals surface area contributed by atoms with Crippen LogP contribution in [0.3, 0.4) is 0 Å². The normalized spacial score (nSPS) is 19.4. The van der Waals surface area contributed by atoms with Crippen LogP contribution in [0.5, 0.6) is 0 Å². The number of aliphatic hydroxyl groups is 1. The highest BCUT2D eigenvalue weighted by molar-refractivity contribution is 5.24. The highest BCUT2D eigenvalue weighted by Gasteiger charge is 2.14. The summed E-state index contributed by atoms with van der Waals surface area (Å²) in [7, 11) is 0. The minimum atomic E-state index is 0.133. The van der Waals surface area contributed by atoms with E-state index < -0.39 is 0 Å². The molecule has 0 spiro atoms. The summed E-state index contributed by atoms with van der Waals surface area (Å²) in [5, 5.41) is 17.0. The zero-order chi connectivity index (χ0) is 14.4. The van der Waals surface area contributed by atoms with Gasteiger partial charge in [-0.2, -0.15) is 5.10 Å². The van der Waals surface area contributed by atoms with Gasteiger partial charge in [0.1, 0.15) is 0 Å². The van der Waals surface area contributed by atoms with Crippen LogP contribution < -0.4 is 5.32 Å². The molecule has 1 aromatic rings. The van der Waals surface area contributed by atoms with E-state index in [0.29, 0.717) is 12.6 Å². The highest BCUT2D eigenvalue weighted by atomic mass is 16.5. The number of nitrogens with one attached hydrogen (secondary N) is 1. The van der Waals surface area contributed by atoms with Gasteiger partial charge in [-0.15, -0.1) is 0 Å². The Bertz CT molecular complexity index is 411. The van der Waals surface area contributed by atoms with Crippen LogP contribution in [-0.4, -0.2) is 40.7 Å². The smallest absolute Gasteiger partial charge is 0.0644 e. The molecule has 1 saturated heterocycles. The Labute approximate surface area is 121 Å². The predicted octanol–water partition coefficient (Wildman–Crippen LogP) is 1.54. The third-order valence-corrected chi connectivity index (χ3v) is 4.06. The fraction of sp³-hybridized carbons (Fsp3) is 0.800. The van der Waals surface area contributed by atoms with Crippen LogP contribution in [0, 0.1) is 13.8 Å². The number of aryl methyl sites for hydroxylation is 1. The van der Waals surface area contributed by atoms with Crippen LogP contribution in [0.4, 0.5) is 0 Å². The van der Waals surface area contributed by atoms with E-state index in [2.05, 4.69) is 17.3 Å². The molecule has 5 heteroatoms. The molecule has 1 fully saturated rings. The molecule has 1 aliphatic heterocycles. The van der Waals surface area contributed by atoms with E-state index in [4.69, 9.17) is 9.84 Å². The quantitative estimate of drug-likeness (QED) is 0.744. The van der Waals surface area contributed by atoms with Crippen molar-refractivity contribution >= 4 is 0 Å². The Hall–Kier alpha value is -0.910. The lowest BCUT2D eigenvalue weighted by Gasteiger charge is -2.22. The van der Waals surface area contributed by atoms with Gasteiger partial charge in [0.15, 0.2) is 0 Å². The monoisotopic (exact) mass is 281 g/mol. The second kappa shape index (κ2) is 7.76. The highest BCUT2D eigenvalue weighted by Crippen LogP contribution is 2.15. The lowest BCUT2D eigenvalue weighted by molar-refractivity contribution is 0.0115. The molecule has 114 valence electrons. The van der Waals surface area contributed by atoms with Crippen LogP contribution in [0.15, 0.2) is 0 Å². The van der Waals surface area contributed by atoms with E-state index in [1.54, 1.807) is 0 Å². The molecular formula is C15H27N3O2. The molecule has 2 rings (SSSR count). The van der Waals surface area contributed by atoms with E-state index in [1.165, 1.54) is 24.8 Å². The lowest BCUT2D eigenvalue weighted by Crippen LogP contribution is -2.25. The van der Waals surface area contributed by atoms with E-state index in [-0.39, 0.29) is 6.61 Å². The third-order valence-electron chi connectivity index (χ3n) is 4.06. The van der Waals surface area contributed by atoms with Gasteiger partial charge in [-0.3, -0.25) is 4.68 Å². The molecule has 1 unspecified atom stereocenters. The van der Waals surface area contributed by atoms with E-state index in [0.717, 1.165) is 37.5 Å². The summed E-state index contributed by atoms with van der Waals surface area (Å²) in [5.74, 6) is 0. The fourth-order valence-electron chi connectivity index (χ4n) is 2.81. The summed E-state index contributed by atoms with van der Waals surface area (Å²) in [6.45, 7) is 7.55. The van der Waals surface area contributed by atoms with Crippen LogP contribution in [0.1, 0.15) is 42.6 Å². The van der Waals surface area contributed by atoms with E-state index in [9.17, 15) is 0 Å². The molecule has 1 aliphatic rings. The van der Waals surface area contributed by atoms with Crippen LogP contribution in [0.2, 0.25) is 0 Å². The van der Waals surface area contributed by atoms with Gasteiger partial charge in [0, 0.05) is 24.4 Å². The first-order valence-corrected chi connectivity index (χ1v) is 7.68. The fourth-order valence-corrected chi connectivity index (χ4v) is 2.81. The van der Waals surface area contributed by atoms with Gasteiger partial charge in [-0.1, -0.05) is 0 Å². The predicted molar refractivity (Wildman–Crippen MR) is 78.7 cm³/mol. The van der Waals surface area contributed by atoms with Crippen molar-refractivity contribution in [2.45, 2.75) is 58.7 Å².